The molecule has 132 valence electrons. The molecule has 4 aromatic rings. The molecule has 6 heteroatoms. The molecule has 2 aromatic carbocycles. The van der Waals surface area contributed by atoms with Crippen LogP contribution in [0.5, 0.6) is 11.5 Å². The lowest BCUT2D eigenvalue weighted by atomic mass is 10.1. The SMILES string of the molecule is COc1ccc(-c2nnc3ccc(-c4cccc(C#N)c4)cn23)cc1OC. The van der Waals surface area contributed by atoms with Crippen molar-refractivity contribution in [2.75, 3.05) is 14.2 Å². The Morgan fingerprint density at radius 3 is 2.44 bits per heavy atom. The Labute approximate surface area is 156 Å². The molecule has 0 amide bonds. The number of nitriles is 1. The first-order valence-electron chi connectivity index (χ1n) is 8.31. The molecule has 4 rings (SSSR count). The van der Waals surface area contributed by atoms with Gasteiger partial charge in [0.1, 0.15) is 0 Å². The maximum Gasteiger partial charge on any atom is 0.168 e. The van der Waals surface area contributed by atoms with Crippen molar-refractivity contribution in [3.8, 4) is 40.1 Å². The first-order chi connectivity index (χ1) is 13.2. The molecule has 2 aromatic heterocycles. The van der Waals surface area contributed by atoms with Crippen LogP contribution in [0.4, 0.5) is 0 Å². The Bertz CT molecular complexity index is 1170. The summed E-state index contributed by atoms with van der Waals surface area (Å²) in [4.78, 5) is 0. The lowest BCUT2D eigenvalue weighted by molar-refractivity contribution is 0.355. The summed E-state index contributed by atoms with van der Waals surface area (Å²) >= 11 is 0. The lowest BCUT2D eigenvalue weighted by Crippen LogP contribution is -1.94. The maximum absolute atomic E-state index is 9.14. The fraction of sp³-hybridized carbons (Fsp3) is 0.0952. The van der Waals surface area contributed by atoms with Crippen LogP contribution in [0.15, 0.2) is 60.8 Å². The third-order valence-electron chi connectivity index (χ3n) is 4.37. The minimum Gasteiger partial charge on any atom is -0.493 e. The van der Waals surface area contributed by atoms with Crippen molar-refractivity contribution < 1.29 is 9.47 Å². The van der Waals surface area contributed by atoms with E-state index in [9.17, 15) is 0 Å². The molecule has 0 saturated carbocycles. The molecular formula is C21H16N4O2. The fourth-order valence-corrected chi connectivity index (χ4v) is 3.00. The van der Waals surface area contributed by atoms with E-state index in [2.05, 4.69) is 16.3 Å². The zero-order valence-corrected chi connectivity index (χ0v) is 14.9. The smallest absolute Gasteiger partial charge is 0.168 e. The van der Waals surface area contributed by atoms with E-state index in [4.69, 9.17) is 14.7 Å². The first kappa shape index (κ1) is 16.6. The summed E-state index contributed by atoms with van der Waals surface area (Å²) < 4.78 is 12.6. The fourth-order valence-electron chi connectivity index (χ4n) is 3.00. The van der Waals surface area contributed by atoms with Gasteiger partial charge < -0.3 is 9.47 Å². The Morgan fingerprint density at radius 2 is 1.67 bits per heavy atom. The van der Waals surface area contributed by atoms with E-state index >= 15 is 0 Å². The van der Waals surface area contributed by atoms with Gasteiger partial charge in [0.2, 0.25) is 0 Å². The van der Waals surface area contributed by atoms with Crippen molar-refractivity contribution in [1.29, 1.82) is 5.26 Å². The van der Waals surface area contributed by atoms with E-state index in [1.807, 2.05) is 59.1 Å². The summed E-state index contributed by atoms with van der Waals surface area (Å²) in [5.74, 6) is 1.98. The highest BCUT2D eigenvalue weighted by molar-refractivity contribution is 5.69. The number of fused-ring (bicyclic) bond motifs is 1. The number of hydrogen-bond acceptors (Lipinski definition) is 5. The lowest BCUT2D eigenvalue weighted by Gasteiger charge is -2.09. The molecule has 0 spiro atoms. The van der Waals surface area contributed by atoms with Crippen LogP contribution in [-0.2, 0) is 0 Å². The Morgan fingerprint density at radius 1 is 0.852 bits per heavy atom. The molecule has 0 unspecified atom stereocenters. The van der Waals surface area contributed by atoms with Crippen molar-refractivity contribution in [3.63, 3.8) is 0 Å². The van der Waals surface area contributed by atoms with Gasteiger partial charge in [0, 0.05) is 11.8 Å². The Kier molecular flexibility index (Phi) is 4.19. The number of methoxy groups -OCH3 is 2. The number of ether oxygens (including phenoxy) is 2. The summed E-state index contributed by atoms with van der Waals surface area (Å²) in [6.45, 7) is 0. The number of nitrogens with zero attached hydrogens (tertiary/aromatic N) is 4. The van der Waals surface area contributed by atoms with Gasteiger partial charge in [-0.15, -0.1) is 10.2 Å². The van der Waals surface area contributed by atoms with E-state index in [0.717, 1.165) is 22.3 Å². The summed E-state index contributed by atoms with van der Waals surface area (Å²) in [6.07, 6.45) is 1.97. The second-order valence-electron chi connectivity index (χ2n) is 5.93. The average Bonchev–Trinajstić information content (AvgIpc) is 3.16. The molecule has 0 N–H and O–H groups in total. The summed E-state index contributed by atoms with van der Waals surface area (Å²) in [5, 5.41) is 17.7. The summed E-state index contributed by atoms with van der Waals surface area (Å²) in [5.41, 5.74) is 4.16. The quantitative estimate of drug-likeness (QED) is 0.553. The summed E-state index contributed by atoms with van der Waals surface area (Å²) in [6, 6.07) is 19.2. The van der Waals surface area contributed by atoms with Crippen LogP contribution in [0, 0.1) is 11.3 Å². The summed E-state index contributed by atoms with van der Waals surface area (Å²) in [7, 11) is 3.20. The van der Waals surface area contributed by atoms with Gasteiger partial charge in [0.15, 0.2) is 23.0 Å². The molecule has 0 atom stereocenters. The van der Waals surface area contributed by atoms with Crippen LogP contribution < -0.4 is 9.47 Å². The average molecular weight is 356 g/mol. The Balaban J connectivity index is 1.85. The molecule has 0 saturated heterocycles. The largest absolute Gasteiger partial charge is 0.493 e. The van der Waals surface area contributed by atoms with Crippen molar-refractivity contribution >= 4 is 5.65 Å². The highest BCUT2D eigenvalue weighted by Crippen LogP contribution is 2.32. The van der Waals surface area contributed by atoms with Crippen molar-refractivity contribution in [2.24, 2.45) is 0 Å². The highest BCUT2D eigenvalue weighted by Gasteiger charge is 2.12. The van der Waals surface area contributed by atoms with E-state index in [0.29, 0.717) is 22.9 Å². The standard InChI is InChI=1S/C21H16N4O2/c1-26-18-8-6-16(11-19(18)27-2)21-24-23-20-9-7-17(13-25(20)21)15-5-3-4-14(10-15)12-22/h3-11,13H,1-2H3. The topological polar surface area (TPSA) is 72.4 Å². The molecule has 0 bridgehead atoms. The van der Waals surface area contributed by atoms with E-state index in [1.54, 1.807) is 20.3 Å². The molecule has 0 radical (unpaired) electrons. The number of aromatic nitrogens is 3. The van der Waals surface area contributed by atoms with Gasteiger partial charge >= 0.3 is 0 Å². The predicted molar refractivity (Wildman–Crippen MR) is 102 cm³/mol. The van der Waals surface area contributed by atoms with Gasteiger partial charge in [-0.2, -0.15) is 5.26 Å². The highest BCUT2D eigenvalue weighted by atomic mass is 16.5. The molecule has 27 heavy (non-hydrogen) atoms. The third-order valence-corrected chi connectivity index (χ3v) is 4.37. The van der Waals surface area contributed by atoms with Gasteiger partial charge in [0.05, 0.1) is 25.9 Å². The number of rotatable bonds is 4. The first-order valence-corrected chi connectivity index (χ1v) is 8.31. The molecule has 6 nitrogen and oxygen atoms in total. The minimum atomic E-state index is 0.622. The van der Waals surface area contributed by atoms with E-state index in [1.165, 1.54) is 0 Å². The number of hydrogen-bond donors (Lipinski definition) is 0. The van der Waals surface area contributed by atoms with Crippen molar-refractivity contribution in [1.82, 2.24) is 14.6 Å². The van der Waals surface area contributed by atoms with Gasteiger partial charge in [-0.05, 0) is 53.6 Å². The van der Waals surface area contributed by atoms with Gasteiger partial charge in [-0.1, -0.05) is 12.1 Å². The second kappa shape index (κ2) is 6.81. The monoisotopic (exact) mass is 356 g/mol. The zero-order valence-electron chi connectivity index (χ0n) is 14.9. The predicted octanol–water partition coefficient (Wildman–Crippen LogP) is 3.95. The van der Waals surface area contributed by atoms with E-state index < -0.39 is 0 Å². The van der Waals surface area contributed by atoms with Crippen LogP contribution >= 0.6 is 0 Å². The van der Waals surface area contributed by atoms with Crippen LogP contribution in [0.2, 0.25) is 0 Å². The van der Waals surface area contributed by atoms with Crippen LogP contribution in [0.25, 0.3) is 28.2 Å². The minimum absolute atomic E-state index is 0.622. The molecule has 0 aliphatic carbocycles. The molecular weight excluding hydrogens is 340 g/mol. The zero-order chi connectivity index (χ0) is 18.8. The van der Waals surface area contributed by atoms with Gasteiger partial charge in [-0.3, -0.25) is 4.40 Å². The van der Waals surface area contributed by atoms with Crippen LogP contribution in [0.1, 0.15) is 5.56 Å². The molecule has 2 heterocycles. The maximum atomic E-state index is 9.14. The van der Waals surface area contributed by atoms with Gasteiger partial charge in [0.25, 0.3) is 0 Å². The van der Waals surface area contributed by atoms with Gasteiger partial charge in [-0.25, -0.2) is 0 Å². The number of pyridine rings is 1. The van der Waals surface area contributed by atoms with Crippen molar-refractivity contribution in [2.45, 2.75) is 0 Å². The Hall–Kier alpha value is -3.85. The second-order valence-corrected chi connectivity index (χ2v) is 5.93. The van der Waals surface area contributed by atoms with Crippen LogP contribution in [-0.4, -0.2) is 28.8 Å². The van der Waals surface area contributed by atoms with Crippen molar-refractivity contribution in [3.05, 3.63) is 66.4 Å². The van der Waals surface area contributed by atoms with Crippen LogP contribution in [0.3, 0.4) is 0 Å². The normalized spacial score (nSPS) is 10.6. The third kappa shape index (κ3) is 2.96. The molecule has 0 fully saturated rings. The van der Waals surface area contributed by atoms with E-state index in [-0.39, 0.29) is 0 Å². The number of benzene rings is 2. The molecule has 0 aliphatic heterocycles. The molecule has 0 aliphatic rings.